The van der Waals surface area contributed by atoms with Crippen LogP contribution in [0.3, 0.4) is 0 Å². The van der Waals surface area contributed by atoms with E-state index in [4.69, 9.17) is 4.74 Å². The number of hydrogen-bond acceptors (Lipinski definition) is 4. The second kappa shape index (κ2) is 13.5. The van der Waals surface area contributed by atoms with Gasteiger partial charge in [0.1, 0.15) is 12.4 Å². The molecule has 0 aliphatic heterocycles. The highest BCUT2D eigenvalue weighted by molar-refractivity contribution is 14.0. The first-order valence-electron chi connectivity index (χ1n) is 9.73. The summed E-state index contributed by atoms with van der Waals surface area (Å²) in [7, 11) is 1.63. The summed E-state index contributed by atoms with van der Waals surface area (Å²) < 4.78 is 35.6. The van der Waals surface area contributed by atoms with E-state index >= 15 is 0 Å². The molecule has 0 unspecified atom stereocenters. The molecule has 32 heavy (non-hydrogen) atoms. The average Bonchev–Trinajstić information content (AvgIpc) is 2.79. The number of nitrogens with one attached hydrogen (secondary N) is 2. The van der Waals surface area contributed by atoms with E-state index in [1.54, 1.807) is 31.4 Å². The van der Waals surface area contributed by atoms with Crippen LogP contribution in [0.1, 0.15) is 16.7 Å². The molecule has 2 aromatic carbocycles. The molecule has 2 N–H and O–H groups in total. The van der Waals surface area contributed by atoms with E-state index in [-0.39, 0.29) is 36.3 Å². The standard InChI is InChI=1S/C23H24F2N4O2.HI/c1-26-23(28-14-18-10-5-6-12-20(18)31-22(24)25)29-15-19-11-7-13-27-21(19)30-16-17-8-3-2-4-9-17;/h2-13,22H,14-16H2,1H3,(H2,26,28,29);1H. The number of aromatic nitrogens is 1. The number of para-hydroxylation sites is 1. The van der Waals surface area contributed by atoms with Crippen molar-refractivity contribution in [1.82, 2.24) is 15.6 Å². The van der Waals surface area contributed by atoms with Crippen molar-refractivity contribution in [3.8, 4) is 11.6 Å². The number of benzene rings is 2. The van der Waals surface area contributed by atoms with Gasteiger partial charge in [0.15, 0.2) is 5.96 Å². The zero-order valence-electron chi connectivity index (χ0n) is 17.5. The SMILES string of the molecule is CN=C(NCc1ccccc1OC(F)F)NCc1cccnc1OCc1ccccc1.I. The van der Waals surface area contributed by atoms with Gasteiger partial charge in [-0.05, 0) is 17.7 Å². The second-order valence-electron chi connectivity index (χ2n) is 6.51. The summed E-state index contributed by atoms with van der Waals surface area (Å²) in [6.45, 7) is -1.77. The first-order valence-corrected chi connectivity index (χ1v) is 9.73. The van der Waals surface area contributed by atoms with E-state index in [0.29, 0.717) is 30.6 Å². The van der Waals surface area contributed by atoms with Crippen molar-refractivity contribution in [2.75, 3.05) is 7.05 Å². The molecule has 1 heterocycles. The first-order chi connectivity index (χ1) is 15.2. The van der Waals surface area contributed by atoms with Crippen LogP contribution in [0.2, 0.25) is 0 Å². The molecule has 0 aliphatic rings. The lowest BCUT2D eigenvalue weighted by molar-refractivity contribution is -0.0504. The van der Waals surface area contributed by atoms with Crippen LogP contribution in [-0.4, -0.2) is 24.6 Å². The number of alkyl halides is 2. The fourth-order valence-corrected chi connectivity index (χ4v) is 2.85. The molecule has 0 fully saturated rings. The normalized spacial score (nSPS) is 10.9. The molecule has 3 aromatic rings. The molecule has 0 saturated heterocycles. The lowest BCUT2D eigenvalue weighted by Crippen LogP contribution is -2.36. The van der Waals surface area contributed by atoms with Crippen LogP contribution >= 0.6 is 24.0 Å². The van der Waals surface area contributed by atoms with Crippen LogP contribution in [0.25, 0.3) is 0 Å². The summed E-state index contributed by atoms with van der Waals surface area (Å²) in [6.07, 6.45) is 1.68. The number of aliphatic imine (C=N–C) groups is 1. The highest BCUT2D eigenvalue weighted by Gasteiger charge is 2.10. The van der Waals surface area contributed by atoms with Crippen molar-refractivity contribution in [3.63, 3.8) is 0 Å². The molecule has 0 atom stereocenters. The fourth-order valence-electron chi connectivity index (χ4n) is 2.85. The number of rotatable bonds is 9. The van der Waals surface area contributed by atoms with Gasteiger partial charge in [-0.15, -0.1) is 24.0 Å². The summed E-state index contributed by atoms with van der Waals surface area (Å²) in [6, 6.07) is 20.2. The molecule has 1 aromatic heterocycles. The van der Waals surface area contributed by atoms with Crippen molar-refractivity contribution >= 4 is 29.9 Å². The Labute approximate surface area is 203 Å². The Morgan fingerprint density at radius 1 is 0.938 bits per heavy atom. The zero-order valence-corrected chi connectivity index (χ0v) is 19.8. The number of nitrogens with zero attached hydrogens (tertiary/aromatic N) is 2. The molecule has 0 amide bonds. The van der Waals surface area contributed by atoms with Gasteiger partial charge in [-0.1, -0.05) is 54.6 Å². The Bertz CT molecular complexity index is 990. The molecule has 170 valence electrons. The van der Waals surface area contributed by atoms with Gasteiger partial charge >= 0.3 is 6.61 Å². The maximum atomic E-state index is 12.6. The number of halogens is 3. The van der Waals surface area contributed by atoms with E-state index in [2.05, 4.69) is 25.3 Å². The van der Waals surface area contributed by atoms with Gasteiger partial charge in [0.25, 0.3) is 0 Å². The van der Waals surface area contributed by atoms with Crippen molar-refractivity contribution < 1.29 is 18.3 Å². The van der Waals surface area contributed by atoms with E-state index in [1.165, 1.54) is 6.07 Å². The summed E-state index contributed by atoms with van der Waals surface area (Å²) >= 11 is 0. The van der Waals surface area contributed by atoms with E-state index < -0.39 is 6.61 Å². The van der Waals surface area contributed by atoms with Crippen LogP contribution in [0.5, 0.6) is 11.6 Å². The van der Waals surface area contributed by atoms with Crippen LogP contribution in [0, 0.1) is 0 Å². The minimum atomic E-state index is -2.88. The van der Waals surface area contributed by atoms with Gasteiger partial charge in [-0.2, -0.15) is 8.78 Å². The zero-order chi connectivity index (χ0) is 21.9. The number of pyridine rings is 1. The summed E-state index contributed by atoms with van der Waals surface area (Å²) in [5.41, 5.74) is 2.51. The minimum absolute atomic E-state index is 0. The molecule has 0 bridgehead atoms. The lowest BCUT2D eigenvalue weighted by Gasteiger charge is -2.15. The summed E-state index contributed by atoms with van der Waals surface area (Å²) in [5.74, 6) is 1.17. The predicted octanol–water partition coefficient (Wildman–Crippen LogP) is 4.75. The van der Waals surface area contributed by atoms with Crippen molar-refractivity contribution in [2.45, 2.75) is 26.3 Å². The number of hydrogen-bond donors (Lipinski definition) is 2. The quantitative estimate of drug-likeness (QED) is 0.227. The van der Waals surface area contributed by atoms with Crippen molar-refractivity contribution in [3.05, 3.63) is 89.6 Å². The highest BCUT2D eigenvalue weighted by Crippen LogP contribution is 2.20. The fraction of sp³-hybridized carbons (Fsp3) is 0.217. The predicted molar refractivity (Wildman–Crippen MR) is 131 cm³/mol. The van der Waals surface area contributed by atoms with Gasteiger partial charge in [0, 0.05) is 37.5 Å². The Kier molecular flexibility index (Phi) is 10.6. The molecule has 0 spiro atoms. The van der Waals surface area contributed by atoms with Crippen LogP contribution in [-0.2, 0) is 19.7 Å². The Hall–Kier alpha value is -2.95. The minimum Gasteiger partial charge on any atom is -0.473 e. The summed E-state index contributed by atoms with van der Waals surface area (Å²) in [5, 5.41) is 6.28. The maximum Gasteiger partial charge on any atom is 0.387 e. The van der Waals surface area contributed by atoms with Crippen LogP contribution in [0.15, 0.2) is 77.9 Å². The third kappa shape index (κ3) is 7.95. The third-order valence-corrected chi connectivity index (χ3v) is 4.37. The van der Waals surface area contributed by atoms with Crippen molar-refractivity contribution in [1.29, 1.82) is 0 Å². The van der Waals surface area contributed by atoms with E-state index in [1.807, 2.05) is 42.5 Å². The molecular formula is C23H25F2IN4O2. The average molecular weight is 554 g/mol. The highest BCUT2D eigenvalue weighted by atomic mass is 127. The van der Waals surface area contributed by atoms with E-state index in [9.17, 15) is 8.78 Å². The third-order valence-electron chi connectivity index (χ3n) is 4.37. The second-order valence-corrected chi connectivity index (χ2v) is 6.51. The monoisotopic (exact) mass is 554 g/mol. The molecule has 0 saturated carbocycles. The number of ether oxygens (including phenoxy) is 2. The molecule has 3 rings (SSSR count). The lowest BCUT2D eigenvalue weighted by atomic mass is 10.2. The topological polar surface area (TPSA) is 67.8 Å². The molecule has 9 heteroatoms. The van der Waals surface area contributed by atoms with Gasteiger partial charge in [-0.25, -0.2) is 4.98 Å². The van der Waals surface area contributed by atoms with Gasteiger partial charge < -0.3 is 20.1 Å². The van der Waals surface area contributed by atoms with Crippen LogP contribution in [0.4, 0.5) is 8.78 Å². The Balaban J connectivity index is 0.00000363. The Morgan fingerprint density at radius 3 is 2.31 bits per heavy atom. The summed E-state index contributed by atoms with van der Waals surface area (Å²) in [4.78, 5) is 8.50. The van der Waals surface area contributed by atoms with Crippen molar-refractivity contribution in [2.24, 2.45) is 4.99 Å². The van der Waals surface area contributed by atoms with Gasteiger partial charge in [0.2, 0.25) is 5.88 Å². The van der Waals surface area contributed by atoms with E-state index in [0.717, 1.165) is 11.1 Å². The molecule has 0 radical (unpaired) electrons. The van der Waals surface area contributed by atoms with Gasteiger partial charge in [-0.3, -0.25) is 4.99 Å². The molecule has 0 aliphatic carbocycles. The molecular weight excluding hydrogens is 529 g/mol. The largest absolute Gasteiger partial charge is 0.473 e. The smallest absolute Gasteiger partial charge is 0.387 e. The maximum absolute atomic E-state index is 12.6. The van der Waals surface area contributed by atoms with Crippen LogP contribution < -0.4 is 20.1 Å². The Morgan fingerprint density at radius 2 is 1.59 bits per heavy atom. The number of guanidine groups is 1. The molecule has 6 nitrogen and oxygen atoms in total. The van der Waals surface area contributed by atoms with Gasteiger partial charge in [0.05, 0.1) is 0 Å². The first kappa shape index (κ1) is 25.3.